The number of aliphatic imine (C=N–C) groups is 1. The predicted molar refractivity (Wildman–Crippen MR) is 88.7 cm³/mol. The first kappa shape index (κ1) is 15.0. The first-order valence-electron chi connectivity index (χ1n) is 6.80. The maximum absolute atomic E-state index is 11.9. The lowest BCUT2D eigenvalue weighted by molar-refractivity contribution is 0.0998. The lowest BCUT2D eigenvalue weighted by atomic mass is 10.2. The van der Waals surface area contributed by atoms with Gasteiger partial charge in [-0.2, -0.15) is 4.99 Å². The van der Waals surface area contributed by atoms with Crippen molar-refractivity contribution in [1.29, 1.82) is 0 Å². The first-order chi connectivity index (χ1) is 11.0. The molecule has 3 rings (SSSR count). The molecule has 2 heterocycles. The Labute approximate surface area is 137 Å². The van der Waals surface area contributed by atoms with Crippen LogP contribution in [0.5, 0.6) is 0 Å². The Kier molecular flexibility index (Phi) is 3.75. The molecule has 118 valence electrons. The molecule has 0 saturated heterocycles. The average Bonchev–Trinajstić information content (AvgIpc) is 2.92. The van der Waals surface area contributed by atoms with Crippen molar-refractivity contribution in [3.63, 3.8) is 0 Å². The van der Waals surface area contributed by atoms with Crippen LogP contribution in [-0.2, 0) is 6.42 Å². The molecule has 0 spiro atoms. The molecular formula is C14H14ClN7O. The summed E-state index contributed by atoms with van der Waals surface area (Å²) in [6, 6.07) is 7.91. The zero-order valence-corrected chi connectivity index (χ0v) is 12.8. The summed E-state index contributed by atoms with van der Waals surface area (Å²) in [6.07, 6.45) is 0.864. The number of fused-ring (bicyclic) bond motifs is 1. The molecule has 0 saturated carbocycles. The topological polar surface area (TPSA) is 137 Å². The Hall–Kier alpha value is -2.87. The number of nitrogens with zero attached hydrogens (tertiary/aromatic N) is 4. The first-order valence-corrected chi connectivity index (χ1v) is 7.17. The number of amides is 1. The second-order valence-electron chi connectivity index (χ2n) is 4.94. The quantitative estimate of drug-likeness (QED) is 0.547. The molecule has 1 aromatic heterocycles. The molecule has 2 aromatic rings. The van der Waals surface area contributed by atoms with Crippen molar-refractivity contribution < 1.29 is 4.79 Å². The monoisotopic (exact) mass is 331 g/mol. The zero-order valence-electron chi connectivity index (χ0n) is 12.0. The van der Waals surface area contributed by atoms with Crippen LogP contribution in [0.25, 0.3) is 0 Å². The molecule has 0 fully saturated rings. The van der Waals surface area contributed by atoms with E-state index in [1.54, 1.807) is 0 Å². The highest BCUT2D eigenvalue weighted by atomic mass is 35.5. The van der Waals surface area contributed by atoms with E-state index in [1.165, 1.54) is 5.56 Å². The Balaban J connectivity index is 2.02. The number of carbonyl (C=O) groups is 1. The van der Waals surface area contributed by atoms with Gasteiger partial charge in [0.2, 0.25) is 0 Å². The summed E-state index contributed by atoms with van der Waals surface area (Å²) in [5, 5.41) is 0.0602. The van der Waals surface area contributed by atoms with Crippen LogP contribution >= 0.6 is 11.6 Å². The number of carbonyl (C=O) groups excluding carboxylic acids is 1. The summed E-state index contributed by atoms with van der Waals surface area (Å²) in [4.78, 5) is 25.4. The van der Waals surface area contributed by atoms with Crippen LogP contribution in [0.2, 0.25) is 5.15 Å². The molecule has 8 nitrogen and oxygen atoms in total. The number of nitrogens with two attached hydrogens (primary N) is 3. The van der Waals surface area contributed by atoms with Gasteiger partial charge in [-0.1, -0.05) is 29.8 Å². The van der Waals surface area contributed by atoms with Crippen molar-refractivity contribution in [1.82, 2.24) is 9.97 Å². The van der Waals surface area contributed by atoms with Crippen molar-refractivity contribution >= 4 is 40.8 Å². The standard InChI is InChI=1S/C14H14ClN7O/c15-10-12(22-6-5-7-3-1-2-4-8(7)22)20-11(16)9(19-10)13(23)21-14(17)18/h1-4H,5-6H2,(H2,16,20)(H4,17,18,21,23). The van der Waals surface area contributed by atoms with Crippen LogP contribution in [-0.4, -0.2) is 28.4 Å². The molecule has 1 aromatic carbocycles. The third-order valence-corrected chi connectivity index (χ3v) is 3.69. The van der Waals surface area contributed by atoms with Gasteiger partial charge in [0.25, 0.3) is 0 Å². The maximum atomic E-state index is 11.9. The number of benzene rings is 1. The van der Waals surface area contributed by atoms with Crippen LogP contribution in [0.15, 0.2) is 29.3 Å². The highest BCUT2D eigenvalue weighted by molar-refractivity contribution is 6.32. The summed E-state index contributed by atoms with van der Waals surface area (Å²) in [6.45, 7) is 0.703. The lowest BCUT2D eigenvalue weighted by Gasteiger charge is -2.19. The summed E-state index contributed by atoms with van der Waals surface area (Å²) in [7, 11) is 0. The Morgan fingerprint density at radius 2 is 2.00 bits per heavy atom. The second kappa shape index (κ2) is 5.73. The Bertz CT molecular complexity index is 817. The summed E-state index contributed by atoms with van der Waals surface area (Å²) in [5.74, 6) is -0.853. The fraction of sp³-hybridized carbons (Fsp3) is 0.143. The third-order valence-electron chi connectivity index (χ3n) is 3.44. The number of nitrogen functional groups attached to an aromatic ring is 1. The van der Waals surface area contributed by atoms with Gasteiger partial charge in [-0.25, -0.2) is 9.97 Å². The van der Waals surface area contributed by atoms with Crippen LogP contribution in [0, 0.1) is 0 Å². The summed E-state index contributed by atoms with van der Waals surface area (Å²) >= 11 is 6.19. The van der Waals surface area contributed by atoms with E-state index in [2.05, 4.69) is 15.0 Å². The molecule has 9 heteroatoms. The highest BCUT2D eigenvalue weighted by Crippen LogP contribution is 2.36. The summed E-state index contributed by atoms with van der Waals surface area (Å²) < 4.78 is 0. The molecule has 1 aliphatic rings. The van der Waals surface area contributed by atoms with Crippen LogP contribution in [0.1, 0.15) is 16.1 Å². The highest BCUT2D eigenvalue weighted by Gasteiger charge is 2.25. The SMILES string of the molecule is NC(N)=NC(=O)c1nc(Cl)c(N2CCc3ccccc32)nc1N. The number of guanidine groups is 1. The van der Waals surface area contributed by atoms with E-state index >= 15 is 0 Å². The van der Waals surface area contributed by atoms with Crippen LogP contribution in [0.3, 0.4) is 0 Å². The van der Waals surface area contributed by atoms with Gasteiger partial charge >= 0.3 is 5.91 Å². The van der Waals surface area contributed by atoms with Gasteiger partial charge < -0.3 is 22.1 Å². The Morgan fingerprint density at radius 1 is 1.26 bits per heavy atom. The molecule has 1 aliphatic heterocycles. The summed E-state index contributed by atoms with van der Waals surface area (Å²) in [5.41, 5.74) is 18.2. The van der Waals surface area contributed by atoms with E-state index in [-0.39, 0.29) is 22.6 Å². The Morgan fingerprint density at radius 3 is 2.74 bits per heavy atom. The minimum atomic E-state index is -0.787. The van der Waals surface area contributed by atoms with Gasteiger partial charge in [-0.15, -0.1) is 0 Å². The molecule has 0 bridgehead atoms. The fourth-order valence-electron chi connectivity index (χ4n) is 2.48. The average molecular weight is 332 g/mol. The van der Waals surface area contributed by atoms with Gasteiger partial charge in [-0.05, 0) is 18.1 Å². The van der Waals surface area contributed by atoms with Crippen molar-refractivity contribution in [2.45, 2.75) is 6.42 Å². The molecule has 23 heavy (non-hydrogen) atoms. The number of para-hydroxylation sites is 1. The van der Waals surface area contributed by atoms with Crippen molar-refractivity contribution in [2.24, 2.45) is 16.5 Å². The van der Waals surface area contributed by atoms with E-state index in [1.807, 2.05) is 29.2 Å². The molecular weight excluding hydrogens is 318 g/mol. The van der Waals surface area contributed by atoms with E-state index in [4.69, 9.17) is 28.8 Å². The lowest BCUT2D eigenvalue weighted by Crippen LogP contribution is -2.25. The number of rotatable bonds is 2. The minimum absolute atomic E-state index is 0.0602. The zero-order chi connectivity index (χ0) is 16.6. The number of hydrogen-bond donors (Lipinski definition) is 3. The molecule has 1 amide bonds. The fourth-order valence-corrected chi connectivity index (χ4v) is 2.70. The molecule has 0 atom stereocenters. The smallest absolute Gasteiger partial charge is 0.302 e. The predicted octanol–water partition coefficient (Wildman–Crippen LogP) is 0.820. The minimum Gasteiger partial charge on any atom is -0.382 e. The molecule has 0 radical (unpaired) electrons. The van der Waals surface area contributed by atoms with E-state index in [9.17, 15) is 4.79 Å². The van der Waals surface area contributed by atoms with E-state index < -0.39 is 5.91 Å². The molecule has 0 aliphatic carbocycles. The largest absolute Gasteiger partial charge is 0.382 e. The van der Waals surface area contributed by atoms with E-state index in [0.717, 1.165) is 12.1 Å². The van der Waals surface area contributed by atoms with Gasteiger partial charge in [-0.3, -0.25) is 4.79 Å². The second-order valence-corrected chi connectivity index (χ2v) is 5.30. The van der Waals surface area contributed by atoms with Crippen molar-refractivity contribution in [3.8, 4) is 0 Å². The third kappa shape index (κ3) is 2.76. The van der Waals surface area contributed by atoms with Crippen molar-refractivity contribution in [3.05, 3.63) is 40.7 Å². The van der Waals surface area contributed by atoms with Crippen molar-refractivity contribution in [2.75, 3.05) is 17.2 Å². The van der Waals surface area contributed by atoms with Gasteiger partial charge in [0.05, 0.1) is 0 Å². The number of halogens is 1. The van der Waals surface area contributed by atoms with Crippen LogP contribution in [0.4, 0.5) is 17.3 Å². The molecule has 0 unspecified atom stereocenters. The number of anilines is 3. The van der Waals surface area contributed by atoms with Crippen LogP contribution < -0.4 is 22.1 Å². The van der Waals surface area contributed by atoms with Gasteiger partial charge in [0.1, 0.15) is 0 Å². The number of aromatic nitrogens is 2. The number of hydrogen-bond acceptors (Lipinski definition) is 5. The molecule has 6 N–H and O–H groups in total. The van der Waals surface area contributed by atoms with E-state index in [0.29, 0.717) is 12.4 Å². The normalized spacial score (nSPS) is 12.8. The maximum Gasteiger partial charge on any atom is 0.302 e. The van der Waals surface area contributed by atoms with Gasteiger partial charge in [0.15, 0.2) is 28.4 Å². The van der Waals surface area contributed by atoms with Gasteiger partial charge in [0, 0.05) is 12.2 Å².